The zero-order valence-corrected chi connectivity index (χ0v) is 9.59. The maximum atomic E-state index is 6.08. The highest BCUT2D eigenvalue weighted by atomic mass is 35.5. The average molecular weight is 237 g/mol. The fourth-order valence-electron chi connectivity index (χ4n) is 1.51. The lowest BCUT2D eigenvalue weighted by molar-refractivity contribution is 1.19. The van der Waals surface area contributed by atoms with E-state index in [0.717, 1.165) is 22.0 Å². The molecule has 0 aliphatic rings. The topological polar surface area (TPSA) is 0 Å². The van der Waals surface area contributed by atoms with Crippen LogP contribution in [-0.4, -0.2) is 0 Å². The molecule has 0 saturated carbocycles. The Morgan fingerprint density at radius 2 is 1.67 bits per heavy atom. The van der Waals surface area contributed by atoms with E-state index in [1.54, 1.807) is 0 Å². The van der Waals surface area contributed by atoms with Crippen LogP contribution in [0.15, 0.2) is 48.5 Å². The first-order valence-corrected chi connectivity index (χ1v) is 5.49. The molecule has 0 amide bonds. The Bertz CT molecular complexity index is 464. The van der Waals surface area contributed by atoms with Crippen LogP contribution in [0.5, 0.6) is 0 Å². The van der Waals surface area contributed by atoms with Gasteiger partial charge in [-0.2, -0.15) is 0 Å². The number of hydrogen-bond acceptors (Lipinski definition) is 0. The van der Waals surface area contributed by atoms with Gasteiger partial charge in [-0.15, -0.1) is 0 Å². The van der Waals surface area contributed by atoms with Gasteiger partial charge < -0.3 is 0 Å². The summed E-state index contributed by atoms with van der Waals surface area (Å²) in [5, 5.41) is 1.57. The Morgan fingerprint density at radius 3 is 2.40 bits per heavy atom. The second-order valence-corrected chi connectivity index (χ2v) is 4.24. The molecule has 0 atom stereocenters. The van der Waals surface area contributed by atoms with Crippen molar-refractivity contribution in [1.29, 1.82) is 0 Å². The second kappa shape index (κ2) is 4.69. The van der Waals surface area contributed by atoms with E-state index in [0.29, 0.717) is 0 Å². The van der Waals surface area contributed by atoms with Gasteiger partial charge in [-0.05, 0) is 35.7 Å². The number of halogens is 2. The summed E-state index contributed by atoms with van der Waals surface area (Å²) in [5.74, 6) is 0. The molecule has 0 aromatic heterocycles. The minimum Gasteiger partial charge on any atom is -0.0843 e. The minimum atomic E-state index is 0.763. The van der Waals surface area contributed by atoms with Gasteiger partial charge in [0.1, 0.15) is 0 Å². The van der Waals surface area contributed by atoms with Gasteiger partial charge in [0.25, 0.3) is 0 Å². The summed E-state index contributed by atoms with van der Waals surface area (Å²) in [6.07, 6.45) is 0.820. The molecule has 0 saturated heterocycles. The van der Waals surface area contributed by atoms with Crippen molar-refractivity contribution in [2.75, 3.05) is 0 Å². The molecule has 76 valence electrons. The summed E-state index contributed by atoms with van der Waals surface area (Å²) >= 11 is 12.0. The summed E-state index contributed by atoms with van der Waals surface area (Å²) in [7, 11) is 0. The van der Waals surface area contributed by atoms with Gasteiger partial charge in [0.05, 0.1) is 0 Å². The standard InChI is InChI=1S/C13H10Cl2/c14-12-6-3-4-10(9-12)8-11-5-1-2-7-13(11)15/h1-7,9H,8H2. The van der Waals surface area contributed by atoms with E-state index < -0.39 is 0 Å². The smallest absolute Gasteiger partial charge is 0.0441 e. The zero-order valence-electron chi connectivity index (χ0n) is 8.08. The SMILES string of the molecule is Clc1cccc(Cc2ccccc2Cl)c1. The molecule has 0 unspecified atom stereocenters. The third-order valence-electron chi connectivity index (χ3n) is 2.24. The van der Waals surface area contributed by atoms with Crippen molar-refractivity contribution in [2.24, 2.45) is 0 Å². The molecule has 0 radical (unpaired) electrons. The maximum Gasteiger partial charge on any atom is 0.0441 e. The number of hydrogen-bond donors (Lipinski definition) is 0. The van der Waals surface area contributed by atoms with Crippen LogP contribution in [-0.2, 0) is 6.42 Å². The van der Waals surface area contributed by atoms with E-state index >= 15 is 0 Å². The molecule has 0 aliphatic carbocycles. The summed E-state index contributed by atoms with van der Waals surface area (Å²) in [6.45, 7) is 0. The predicted octanol–water partition coefficient (Wildman–Crippen LogP) is 4.58. The lowest BCUT2D eigenvalue weighted by Gasteiger charge is -2.04. The second-order valence-electron chi connectivity index (χ2n) is 3.40. The van der Waals surface area contributed by atoms with Crippen molar-refractivity contribution in [2.45, 2.75) is 6.42 Å². The first-order valence-electron chi connectivity index (χ1n) is 4.73. The van der Waals surface area contributed by atoms with Gasteiger partial charge in [-0.25, -0.2) is 0 Å². The molecule has 0 heterocycles. The van der Waals surface area contributed by atoms with Crippen LogP contribution < -0.4 is 0 Å². The average Bonchev–Trinajstić information content (AvgIpc) is 2.22. The Kier molecular flexibility index (Phi) is 3.30. The Balaban J connectivity index is 2.26. The highest BCUT2D eigenvalue weighted by Crippen LogP contribution is 2.20. The molecule has 0 aliphatic heterocycles. The number of rotatable bonds is 2. The fraction of sp³-hybridized carbons (Fsp3) is 0.0769. The van der Waals surface area contributed by atoms with Crippen molar-refractivity contribution in [3.05, 3.63) is 69.7 Å². The molecule has 15 heavy (non-hydrogen) atoms. The van der Waals surface area contributed by atoms with Gasteiger partial charge in [-0.3, -0.25) is 0 Å². The van der Waals surface area contributed by atoms with Crippen molar-refractivity contribution >= 4 is 23.2 Å². The summed E-state index contributed by atoms with van der Waals surface area (Å²) in [5.41, 5.74) is 2.30. The molecule has 2 heteroatoms. The van der Waals surface area contributed by atoms with Gasteiger partial charge in [0, 0.05) is 10.0 Å². The molecule has 2 aromatic carbocycles. The van der Waals surface area contributed by atoms with Crippen molar-refractivity contribution in [3.8, 4) is 0 Å². The summed E-state index contributed by atoms with van der Waals surface area (Å²) in [4.78, 5) is 0. The van der Waals surface area contributed by atoms with Crippen LogP contribution in [0.4, 0.5) is 0 Å². The quantitative estimate of drug-likeness (QED) is 0.716. The van der Waals surface area contributed by atoms with Crippen LogP contribution in [0.2, 0.25) is 10.0 Å². The van der Waals surface area contributed by atoms with Gasteiger partial charge >= 0.3 is 0 Å². The van der Waals surface area contributed by atoms with Crippen LogP contribution in [0.25, 0.3) is 0 Å². The first-order chi connectivity index (χ1) is 7.25. The largest absolute Gasteiger partial charge is 0.0843 e. The molecular weight excluding hydrogens is 227 g/mol. The van der Waals surface area contributed by atoms with Crippen LogP contribution in [0.3, 0.4) is 0 Å². The number of benzene rings is 2. The molecule has 2 aromatic rings. The van der Waals surface area contributed by atoms with Crippen LogP contribution in [0.1, 0.15) is 11.1 Å². The lowest BCUT2D eigenvalue weighted by Crippen LogP contribution is -1.88. The van der Waals surface area contributed by atoms with Gasteiger partial charge in [-0.1, -0.05) is 53.5 Å². The molecule has 0 bridgehead atoms. The van der Waals surface area contributed by atoms with Crippen molar-refractivity contribution < 1.29 is 0 Å². The molecule has 0 spiro atoms. The van der Waals surface area contributed by atoms with Crippen molar-refractivity contribution in [1.82, 2.24) is 0 Å². The fourth-order valence-corrected chi connectivity index (χ4v) is 1.92. The lowest BCUT2D eigenvalue weighted by atomic mass is 10.1. The molecular formula is C13H10Cl2. The van der Waals surface area contributed by atoms with E-state index in [2.05, 4.69) is 6.07 Å². The Morgan fingerprint density at radius 1 is 0.867 bits per heavy atom. The Hall–Kier alpha value is -0.980. The molecule has 2 rings (SSSR count). The van der Waals surface area contributed by atoms with E-state index in [4.69, 9.17) is 23.2 Å². The Labute approximate surface area is 99.5 Å². The maximum absolute atomic E-state index is 6.08. The normalized spacial score (nSPS) is 10.3. The minimum absolute atomic E-state index is 0.763. The highest BCUT2D eigenvalue weighted by Gasteiger charge is 2.00. The van der Waals surface area contributed by atoms with E-state index in [1.807, 2.05) is 42.5 Å². The monoisotopic (exact) mass is 236 g/mol. The first kappa shape index (κ1) is 10.5. The summed E-state index contributed by atoms with van der Waals surface area (Å²) in [6, 6.07) is 15.7. The van der Waals surface area contributed by atoms with Crippen LogP contribution in [0, 0.1) is 0 Å². The van der Waals surface area contributed by atoms with Crippen molar-refractivity contribution in [3.63, 3.8) is 0 Å². The van der Waals surface area contributed by atoms with Crippen LogP contribution >= 0.6 is 23.2 Å². The van der Waals surface area contributed by atoms with E-state index in [1.165, 1.54) is 5.56 Å². The summed E-state index contributed by atoms with van der Waals surface area (Å²) < 4.78 is 0. The molecule has 0 nitrogen and oxygen atoms in total. The zero-order chi connectivity index (χ0) is 10.7. The third-order valence-corrected chi connectivity index (χ3v) is 2.85. The van der Waals surface area contributed by atoms with Gasteiger partial charge in [0.15, 0.2) is 0 Å². The highest BCUT2D eigenvalue weighted by molar-refractivity contribution is 6.31. The van der Waals surface area contributed by atoms with Gasteiger partial charge in [0.2, 0.25) is 0 Å². The third kappa shape index (κ3) is 2.74. The van der Waals surface area contributed by atoms with E-state index in [9.17, 15) is 0 Å². The predicted molar refractivity (Wildman–Crippen MR) is 65.7 cm³/mol. The molecule has 0 N–H and O–H groups in total. The molecule has 0 fully saturated rings. The van der Waals surface area contributed by atoms with E-state index in [-0.39, 0.29) is 0 Å².